The molecular weight excluding hydrogens is 210 g/mol. The van der Waals surface area contributed by atoms with Crippen molar-refractivity contribution < 1.29 is 19.7 Å². The lowest BCUT2D eigenvalue weighted by Crippen LogP contribution is -2.18. The Morgan fingerprint density at radius 3 is 2.75 bits per heavy atom. The first-order valence-corrected chi connectivity index (χ1v) is 4.92. The van der Waals surface area contributed by atoms with Crippen molar-refractivity contribution in [1.29, 1.82) is 0 Å². The monoisotopic (exact) mass is 225 g/mol. The molecule has 0 aliphatic carbocycles. The highest BCUT2D eigenvalue weighted by Crippen LogP contribution is 2.24. The number of methoxy groups -OCH3 is 1. The van der Waals surface area contributed by atoms with Gasteiger partial charge in [0.2, 0.25) is 0 Å². The zero-order chi connectivity index (χ0) is 12.0. The lowest BCUT2D eigenvalue weighted by Gasteiger charge is -2.05. The summed E-state index contributed by atoms with van der Waals surface area (Å²) in [4.78, 5) is 10.8. The van der Waals surface area contributed by atoms with Gasteiger partial charge >= 0.3 is 5.97 Å². The van der Waals surface area contributed by atoms with E-state index in [1.165, 1.54) is 19.2 Å². The van der Waals surface area contributed by atoms with Crippen molar-refractivity contribution >= 4 is 5.97 Å². The van der Waals surface area contributed by atoms with Crippen molar-refractivity contribution in [2.75, 3.05) is 13.7 Å². The third-order valence-corrected chi connectivity index (χ3v) is 2.10. The van der Waals surface area contributed by atoms with Crippen LogP contribution >= 0.6 is 0 Å². The predicted molar refractivity (Wildman–Crippen MR) is 58.1 cm³/mol. The van der Waals surface area contributed by atoms with Gasteiger partial charge in [0.1, 0.15) is 0 Å². The molecule has 0 fully saturated rings. The molecule has 0 atom stereocenters. The average Bonchev–Trinajstić information content (AvgIpc) is 2.28. The summed E-state index contributed by atoms with van der Waals surface area (Å²) >= 11 is 0. The molecule has 1 rings (SSSR count). The molecule has 0 saturated heterocycles. The van der Waals surface area contributed by atoms with Gasteiger partial charge in [-0.05, 0) is 17.7 Å². The number of nitrogens with one attached hydrogen (secondary N) is 1. The Labute approximate surface area is 93.7 Å². The van der Waals surface area contributed by atoms with Gasteiger partial charge in [0.05, 0.1) is 13.5 Å². The summed E-state index contributed by atoms with van der Waals surface area (Å²) in [5.74, 6) is -0.549. The Kier molecular flexibility index (Phi) is 4.60. The number of phenols is 2. The van der Waals surface area contributed by atoms with Crippen molar-refractivity contribution in [3.8, 4) is 11.5 Å². The molecule has 0 saturated carbocycles. The highest BCUT2D eigenvalue weighted by atomic mass is 16.5. The molecule has 5 heteroatoms. The van der Waals surface area contributed by atoms with Crippen molar-refractivity contribution in [2.24, 2.45) is 0 Å². The Hall–Kier alpha value is -1.75. The van der Waals surface area contributed by atoms with Crippen molar-refractivity contribution in [3.05, 3.63) is 23.8 Å². The smallest absolute Gasteiger partial charge is 0.306 e. The molecule has 1 aromatic carbocycles. The van der Waals surface area contributed by atoms with Crippen LogP contribution in [-0.2, 0) is 16.1 Å². The summed E-state index contributed by atoms with van der Waals surface area (Å²) < 4.78 is 4.49. The van der Waals surface area contributed by atoms with Crippen LogP contribution < -0.4 is 5.32 Å². The van der Waals surface area contributed by atoms with Gasteiger partial charge in [-0.15, -0.1) is 0 Å². The average molecular weight is 225 g/mol. The minimum absolute atomic E-state index is 0.140. The van der Waals surface area contributed by atoms with E-state index in [9.17, 15) is 9.90 Å². The molecular formula is C11H15NO4. The topological polar surface area (TPSA) is 78.8 Å². The van der Waals surface area contributed by atoms with E-state index in [4.69, 9.17) is 5.11 Å². The van der Waals surface area contributed by atoms with E-state index in [1.54, 1.807) is 6.07 Å². The van der Waals surface area contributed by atoms with Crippen LogP contribution in [0.2, 0.25) is 0 Å². The summed E-state index contributed by atoms with van der Waals surface area (Å²) in [6.45, 7) is 1.03. The number of aromatic hydroxyl groups is 2. The number of hydrogen-bond acceptors (Lipinski definition) is 5. The van der Waals surface area contributed by atoms with Crippen molar-refractivity contribution in [1.82, 2.24) is 5.32 Å². The quantitative estimate of drug-likeness (QED) is 0.391. The van der Waals surface area contributed by atoms with Crippen molar-refractivity contribution in [2.45, 2.75) is 13.0 Å². The third kappa shape index (κ3) is 3.78. The molecule has 16 heavy (non-hydrogen) atoms. The molecule has 0 radical (unpaired) electrons. The van der Waals surface area contributed by atoms with E-state index >= 15 is 0 Å². The van der Waals surface area contributed by atoms with E-state index in [1.807, 2.05) is 0 Å². The summed E-state index contributed by atoms with van der Waals surface area (Å²) in [5.41, 5.74) is 0.833. The largest absolute Gasteiger partial charge is 0.504 e. The molecule has 0 aromatic heterocycles. The van der Waals surface area contributed by atoms with Crippen LogP contribution in [-0.4, -0.2) is 29.8 Å². The number of carbonyl (C=O) groups is 1. The van der Waals surface area contributed by atoms with Crippen LogP contribution in [0.3, 0.4) is 0 Å². The molecule has 0 aliphatic heterocycles. The number of ether oxygens (including phenoxy) is 1. The minimum Gasteiger partial charge on any atom is -0.504 e. The van der Waals surface area contributed by atoms with E-state index in [-0.39, 0.29) is 17.5 Å². The maximum atomic E-state index is 10.8. The number of benzene rings is 1. The first-order valence-electron chi connectivity index (χ1n) is 4.92. The molecule has 0 aliphatic rings. The Bertz CT molecular complexity index is 365. The lowest BCUT2D eigenvalue weighted by atomic mass is 10.2. The van der Waals surface area contributed by atoms with E-state index < -0.39 is 0 Å². The Morgan fingerprint density at radius 2 is 2.12 bits per heavy atom. The molecule has 0 amide bonds. The molecule has 5 nitrogen and oxygen atoms in total. The SMILES string of the molecule is COC(=O)CCNCc1ccc(O)c(O)c1. The predicted octanol–water partition coefficient (Wildman–Crippen LogP) is 0.750. The number of esters is 1. The maximum absolute atomic E-state index is 10.8. The maximum Gasteiger partial charge on any atom is 0.306 e. The van der Waals surface area contributed by atoms with E-state index in [2.05, 4.69) is 10.1 Å². The van der Waals surface area contributed by atoms with Gasteiger partial charge in [0, 0.05) is 13.1 Å². The van der Waals surface area contributed by atoms with Crippen molar-refractivity contribution in [3.63, 3.8) is 0 Å². The van der Waals surface area contributed by atoms with Gasteiger partial charge in [-0.25, -0.2) is 0 Å². The number of phenolic OH excluding ortho intramolecular Hbond substituents is 2. The molecule has 1 aromatic rings. The number of hydrogen-bond donors (Lipinski definition) is 3. The summed E-state index contributed by atoms with van der Waals surface area (Å²) in [6, 6.07) is 4.59. The number of rotatable bonds is 5. The molecule has 0 heterocycles. The molecule has 88 valence electrons. The second kappa shape index (κ2) is 5.97. The normalized spacial score (nSPS) is 10.1. The van der Waals surface area contributed by atoms with E-state index in [0.29, 0.717) is 19.5 Å². The Balaban J connectivity index is 2.32. The Morgan fingerprint density at radius 1 is 1.38 bits per heavy atom. The first kappa shape index (κ1) is 12.3. The van der Waals surface area contributed by atoms with Gasteiger partial charge in [-0.1, -0.05) is 6.07 Å². The van der Waals surface area contributed by atoms with Gasteiger partial charge in [-0.2, -0.15) is 0 Å². The fraction of sp³-hybridized carbons (Fsp3) is 0.364. The zero-order valence-corrected chi connectivity index (χ0v) is 9.06. The highest BCUT2D eigenvalue weighted by Gasteiger charge is 2.01. The second-order valence-electron chi connectivity index (χ2n) is 3.33. The lowest BCUT2D eigenvalue weighted by molar-refractivity contribution is -0.140. The fourth-order valence-electron chi connectivity index (χ4n) is 1.20. The zero-order valence-electron chi connectivity index (χ0n) is 9.06. The van der Waals surface area contributed by atoms with Crippen LogP contribution in [0, 0.1) is 0 Å². The number of carbonyl (C=O) groups excluding carboxylic acids is 1. The minimum atomic E-state index is -0.263. The summed E-state index contributed by atoms with van der Waals surface area (Å²) in [7, 11) is 1.35. The first-order chi connectivity index (χ1) is 7.63. The molecule has 3 N–H and O–H groups in total. The summed E-state index contributed by atoms with van der Waals surface area (Å²) in [6.07, 6.45) is 0.306. The second-order valence-corrected chi connectivity index (χ2v) is 3.33. The molecule has 0 spiro atoms. The van der Waals surface area contributed by atoms with Crippen LogP contribution in [0.1, 0.15) is 12.0 Å². The van der Waals surface area contributed by atoms with Gasteiger partial charge < -0.3 is 20.3 Å². The van der Waals surface area contributed by atoms with E-state index in [0.717, 1.165) is 5.56 Å². The van der Waals surface area contributed by atoms with Crippen LogP contribution in [0.25, 0.3) is 0 Å². The van der Waals surface area contributed by atoms with Gasteiger partial charge in [-0.3, -0.25) is 4.79 Å². The molecule has 0 bridgehead atoms. The van der Waals surface area contributed by atoms with Crippen LogP contribution in [0.4, 0.5) is 0 Å². The third-order valence-electron chi connectivity index (χ3n) is 2.10. The van der Waals surface area contributed by atoms with Crippen LogP contribution in [0.15, 0.2) is 18.2 Å². The summed E-state index contributed by atoms with van der Waals surface area (Å²) in [5, 5.41) is 21.3. The molecule has 0 unspecified atom stereocenters. The van der Waals surface area contributed by atoms with Crippen LogP contribution in [0.5, 0.6) is 11.5 Å². The standard InChI is InChI=1S/C11H15NO4/c1-16-11(15)4-5-12-7-8-2-3-9(13)10(14)6-8/h2-3,6,12-14H,4-5,7H2,1H3. The van der Waals surface area contributed by atoms with Gasteiger partial charge in [0.15, 0.2) is 11.5 Å². The fourth-order valence-corrected chi connectivity index (χ4v) is 1.20. The van der Waals surface area contributed by atoms with Gasteiger partial charge in [0.25, 0.3) is 0 Å². The highest BCUT2D eigenvalue weighted by molar-refractivity contribution is 5.69.